The van der Waals surface area contributed by atoms with E-state index in [4.69, 9.17) is 9.47 Å². The van der Waals surface area contributed by atoms with Crippen LogP contribution in [0.25, 0.3) is 0 Å². The van der Waals surface area contributed by atoms with Crippen molar-refractivity contribution in [2.75, 3.05) is 32.8 Å². The van der Waals surface area contributed by atoms with E-state index < -0.39 is 5.60 Å². The fourth-order valence-corrected chi connectivity index (χ4v) is 4.09. The Kier molecular flexibility index (Phi) is 9.15. The molecular formula is C24H32ClNO3. The largest absolute Gasteiger partial charge is 1.00 e. The number of ether oxygens (including phenoxy) is 2. The normalized spacial score (nSPS) is 19.2. The van der Waals surface area contributed by atoms with E-state index in [1.54, 1.807) is 4.90 Å². The summed E-state index contributed by atoms with van der Waals surface area (Å²) in [6.45, 7) is 8.51. The first-order chi connectivity index (χ1) is 13.7. The highest BCUT2D eigenvalue weighted by atomic mass is 35.5. The summed E-state index contributed by atoms with van der Waals surface area (Å²) in [6.07, 6.45) is 2.21. The topological polar surface area (TPSA) is 40.0 Å². The second kappa shape index (κ2) is 11.3. The molecule has 1 aliphatic rings. The zero-order valence-electron chi connectivity index (χ0n) is 17.4. The highest BCUT2D eigenvalue weighted by Gasteiger charge is 2.45. The van der Waals surface area contributed by atoms with Crippen molar-refractivity contribution in [2.45, 2.75) is 32.3 Å². The second-order valence-electron chi connectivity index (χ2n) is 7.49. The lowest BCUT2D eigenvalue weighted by atomic mass is 9.86. The average Bonchev–Trinajstić information content (AvgIpc) is 2.77. The van der Waals surface area contributed by atoms with Gasteiger partial charge in [-0.1, -0.05) is 60.7 Å². The third-order valence-corrected chi connectivity index (χ3v) is 5.77. The van der Waals surface area contributed by atoms with Crippen molar-refractivity contribution in [3.05, 3.63) is 71.8 Å². The molecular weight excluding hydrogens is 386 g/mol. The number of carbonyl (C=O) groups excluding carboxylic acids is 1. The van der Waals surface area contributed by atoms with Crippen molar-refractivity contribution in [1.29, 1.82) is 0 Å². The summed E-state index contributed by atoms with van der Waals surface area (Å²) < 4.78 is 12.1. The number of quaternary nitrogens is 1. The molecule has 0 bridgehead atoms. The summed E-state index contributed by atoms with van der Waals surface area (Å²) in [5.41, 5.74) is 0.378. The molecule has 1 saturated heterocycles. The second-order valence-corrected chi connectivity index (χ2v) is 7.49. The van der Waals surface area contributed by atoms with Gasteiger partial charge in [-0.05, 0) is 25.0 Å². The number of rotatable bonds is 8. The van der Waals surface area contributed by atoms with Crippen LogP contribution in [0.1, 0.15) is 37.8 Å². The van der Waals surface area contributed by atoms with Gasteiger partial charge in [0.15, 0.2) is 0 Å². The number of likely N-dealkylation sites (tertiary alicyclic amines) is 1. The van der Waals surface area contributed by atoms with E-state index in [0.717, 1.165) is 37.1 Å². The molecule has 1 heterocycles. The summed E-state index contributed by atoms with van der Waals surface area (Å²) in [7, 11) is 0. The van der Waals surface area contributed by atoms with E-state index in [9.17, 15) is 4.79 Å². The van der Waals surface area contributed by atoms with Crippen molar-refractivity contribution >= 4 is 5.97 Å². The Balaban J connectivity index is 0.00000300. The Morgan fingerprint density at radius 2 is 1.48 bits per heavy atom. The fraction of sp³-hybridized carbons (Fsp3) is 0.458. The summed E-state index contributed by atoms with van der Waals surface area (Å²) in [5.74, 6) is 0.113. The number of carbonyl (C=O) groups is 1. The van der Waals surface area contributed by atoms with Crippen LogP contribution in [0.15, 0.2) is 60.7 Å². The number of hydrogen-bond acceptors (Lipinski definition) is 3. The van der Waals surface area contributed by atoms with Crippen LogP contribution in [0.5, 0.6) is 0 Å². The van der Waals surface area contributed by atoms with Crippen LogP contribution < -0.4 is 17.3 Å². The van der Waals surface area contributed by atoms with E-state index in [2.05, 4.69) is 6.92 Å². The molecule has 5 heteroatoms. The van der Waals surface area contributed by atoms with Crippen molar-refractivity contribution in [2.24, 2.45) is 5.92 Å². The van der Waals surface area contributed by atoms with E-state index in [0.29, 0.717) is 19.1 Å². The zero-order valence-corrected chi connectivity index (χ0v) is 18.2. The van der Waals surface area contributed by atoms with Gasteiger partial charge in [0.25, 0.3) is 0 Å². The number of halogens is 1. The van der Waals surface area contributed by atoms with Crippen LogP contribution in [0, 0.1) is 5.92 Å². The molecule has 0 unspecified atom stereocenters. The summed E-state index contributed by atoms with van der Waals surface area (Å²) in [5, 5.41) is 0. The van der Waals surface area contributed by atoms with Crippen LogP contribution in [0.3, 0.4) is 0 Å². The molecule has 0 amide bonds. The third kappa shape index (κ3) is 5.39. The maximum Gasteiger partial charge on any atom is 0.347 e. The molecule has 1 aliphatic heterocycles. The van der Waals surface area contributed by atoms with Gasteiger partial charge in [-0.3, -0.25) is 0 Å². The predicted molar refractivity (Wildman–Crippen MR) is 110 cm³/mol. The lowest BCUT2D eigenvalue weighted by molar-refractivity contribution is -0.904. The van der Waals surface area contributed by atoms with Gasteiger partial charge in [0.2, 0.25) is 5.60 Å². The minimum Gasteiger partial charge on any atom is -1.00 e. The maximum atomic E-state index is 13.5. The first kappa shape index (κ1) is 23.4. The molecule has 0 radical (unpaired) electrons. The molecule has 158 valence electrons. The van der Waals surface area contributed by atoms with Gasteiger partial charge in [0.1, 0.15) is 0 Å². The molecule has 0 aromatic heterocycles. The van der Waals surface area contributed by atoms with Crippen LogP contribution in [0.4, 0.5) is 0 Å². The molecule has 2 aromatic carbocycles. The van der Waals surface area contributed by atoms with Gasteiger partial charge in [-0.15, -0.1) is 0 Å². The maximum absolute atomic E-state index is 13.5. The Morgan fingerprint density at radius 3 is 1.93 bits per heavy atom. The molecule has 4 nitrogen and oxygen atoms in total. The van der Waals surface area contributed by atoms with Crippen molar-refractivity contribution < 1.29 is 31.6 Å². The van der Waals surface area contributed by atoms with Crippen molar-refractivity contribution in [1.82, 2.24) is 0 Å². The molecule has 0 aliphatic carbocycles. The molecule has 0 atom stereocenters. The number of hydrogen-bond donors (Lipinski definition) is 1. The van der Waals surface area contributed by atoms with Crippen LogP contribution in [-0.2, 0) is 19.9 Å². The van der Waals surface area contributed by atoms with Crippen LogP contribution in [-0.4, -0.2) is 38.8 Å². The molecule has 2 aromatic rings. The third-order valence-electron chi connectivity index (χ3n) is 5.77. The quantitative estimate of drug-likeness (QED) is 0.606. The molecule has 0 spiro atoms. The molecule has 3 rings (SSSR count). The Labute approximate surface area is 180 Å². The molecule has 1 N–H and O–H groups in total. The summed E-state index contributed by atoms with van der Waals surface area (Å²) in [6, 6.07) is 19.4. The molecule has 0 saturated carbocycles. The summed E-state index contributed by atoms with van der Waals surface area (Å²) in [4.78, 5) is 15.1. The van der Waals surface area contributed by atoms with Crippen molar-refractivity contribution in [3.8, 4) is 0 Å². The first-order valence-corrected chi connectivity index (χ1v) is 10.5. The van der Waals surface area contributed by atoms with Crippen LogP contribution in [0.2, 0.25) is 0 Å². The highest BCUT2D eigenvalue weighted by Crippen LogP contribution is 2.35. The minimum atomic E-state index is -1.23. The summed E-state index contributed by atoms with van der Waals surface area (Å²) >= 11 is 0. The minimum absolute atomic E-state index is 0. The highest BCUT2D eigenvalue weighted by molar-refractivity contribution is 5.85. The number of piperidine rings is 1. The van der Waals surface area contributed by atoms with Gasteiger partial charge in [-0.2, -0.15) is 0 Å². The van der Waals surface area contributed by atoms with Gasteiger partial charge in [-0.25, -0.2) is 4.79 Å². The lowest BCUT2D eigenvalue weighted by Gasteiger charge is -2.33. The number of nitrogens with one attached hydrogen (secondary N) is 1. The number of benzene rings is 2. The van der Waals surface area contributed by atoms with E-state index in [1.165, 1.54) is 6.54 Å². The van der Waals surface area contributed by atoms with E-state index >= 15 is 0 Å². The average molecular weight is 418 g/mol. The monoisotopic (exact) mass is 417 g/mol. The Bertz CT molecular complexity index is 691. The van der Waals surface area contributed by atoms with Crippen molar-refractivity contribution in [3.63, 3.8) is 0 Å². The standard InChI is InChI=1S/C24H31NO3.ClH/c1-3-25-17-15-20(16-18-25)19-27-23(26)24(28-4-2,21-11-7-5-8-12-21)22-13-9-6-10-14-22;/h5-14,20H,3-4,15-19H2,1-2H3;1H. The smallest absolute Gasteiger partial charge is 0.347 e. The Hall–Kier alpha value is -1.88. The van der Waals surface area contributed by atoms with E-state index in [-0.39, 0.29) is 18.4 Å². The molecule has 29 heavy (non-hydrogen) atoms. The van der Waals surface area contributed by atoms with Crippen LogP contribution >= 0.6 is 0 Å². The lowest BCUT2D eigenvalue weighted by Crippen LogP contribution is -3.12. The first-order valence-electron chi connectivity index (χ1n) is 10.5. The van der Waals surface area contributed by atoms with Gasteiger partial charge < -0.3 is 26.8 Å². The Morgan fingerprint density at radius 1 is 0.966 bits per heavy atom. The SMILES string of the molecule is CCOC(C(=O)OCC1CC[NH+](CC)CC1)(c1ccccc1)c1ccccc1.[Cl-]. The number of esters is 1. The van der Waals surface area contributed by atoms with Gasteiger partial charge in [0.05, 0.1) is 26.2 Å². The zero-order chi connectivity index (χ0) is 19.8. The molecule has 1 fully saturated rings. The van der Waals surface area contributed by atoms with Gasteiger partial charge >= 0.3 is 5.97 Å². The predicted octanol–water partition coefficient (Wildman–Crippen LogP) is -0.171. The van der Waals surface area contributed by atoms with Gasteiger partial charge in [0, 0.05) is 25.4 Å². The fourth-order valence-electron chi connectivity index (χ4n) is 4.09. The van der Waals surface area contributed by atoms with E-state index in [1.807, 2.05) is 67.6 Å².